The number of hydrogen-bond donors (Lipinski definition) is 1. The zero-order valence-corrected chi connectivity index (χ0v) is 29.3. The second-order valence-corrected chi connectivity index (χ2v) is 15.8. The van der Waals surface area contributed by atoms with Crippen LogP contribution in [0.3, 0.4) is 0 Å². The Morgan fingerprint density at radius 1 is 1.18 bits per heavy atom. The van der Waals surface area contributed by atoms with Gasteiger partial charge in [0.05, 0.1) is 35.8 Å². The smallest absolute Gasteiger partial charge is 0.247 e. The van der Waals surface area contributed by atoms with Gasteiger partial charge in [0.15, 0.2) is 0 Å². The number of ether oxygens (including phenoxy) is 1. The SMILES string of the molecule is C=CCN(C(=O)[C@H]1[C@@H]2SC3(CC2Br)C(C(=O)N(CC=C)C(C)(C)C)N([C@@H](CO)[C@@H](C)CC)C(=O)[C@H]13)c1ccc(OCC)cc1. The number of aliphatic hydroxyl groups is 1. The highest BCUT2D eigenvalue weighted by Crippen LogP contribution is 2.68. The van der Waals surface area contributed by atoms with Crippen molar-refractivity contribution in [1.29, 1.82) is 0 Å². The van der Waals surface area contributed by atoms with Gasteiger partial charge in [-0.1, -0.05) is 48.4 Å². The van der Waals surface area contributed by atoms with Gasteiger partial charge in [0, 0.05) is 34.4 Å². The Morgan fingerprint density at radius 3 is 2.34 bits per heavy atom. The molecule has 3 aliphatic rings. The minimum Gasteiger partial charge on any atom is -0.494 e. The van der Waals surface area contributed by atoms with Gasteiger partial charge in [0.25, 0.3) is 0 Å². The van der Waals surface area contributed by atoms with Crippen molar-refractivity contribution in [3.05, 3.63) is 49.6 Å². The standard InChI is InChI=1S/C34H48BrN3O5S/c1-9-17-36(22-13-15-23(16-14-22)43-12-4)30(40)26-27-31(41)38(25(20-39)21(5)11-3)29(34(27)19-24(35)28(26)44-34)32(42)37(18-10-2)33(6,7)8/h9-10,13-16,21,24-29,39H,1-2,11-12,17-20H2,3-8H3/t21-,24?,25-,26+,27-,28+,29?,34?/m0/s1. The Kier molecular flexibility index (Phi) is 10.7. The molecule has 8 nitrogen and oxygen atoms in total. The summed E-state index contributed by atoms with van der Waals surface area (Å²) in [7, 11) is 0. The fourth-order valence-electron chi connectivity index (χ4n) is 7.29. The van der Waals surface area contributed by atoms with E-state index in [4.69, 9.17) is 4.74 Å². The maximum Gasteiger partial charge on any atom is 0.247 e. The average molecular weight is 691 g/mol. The Labute approximate surface area is 275 Å². The first-order valence-electron chi connectivity index (χ1n) is 15.6. The van der Waals surface area contributed by atoms with Gasteiger partial charge in [-0.05, 0) is 64.3 Å². The third-order valence-electron chi connectivity index (χ3n) is 9.52. The normalized spacial score (nSPS) is 28.8. The third kappa shape index (κ3) is 5.86. The summed E-state index contributed by atoms with van der Waals surface area (Å²) in [6.45, 7) is 20.6. The number of fused-ring (bicyclic) bond motifs is 1. The van der Waals surface area contributed by atoms with Crippen LogP contribution in [0.5, 0.6) is 5.75 Å². The van der Waals surface area contributed by atoms with Gasteiger partial charge in [0.2, 0.25) is 17.7 Å². The fraction of sp³-hybridized carbons (Fsp3) is 0.618. The Morgan fingerprint density at radius 2 is 1.82 bits per heavy atom. The summed E-state index contributed by atoms with van der Waals surface area (Å²) in [5.41, 5.74) is 0.164. The molecule has 1 N–H and O–H groups in total. The Hall–Kier alpha value is -2.30. The van der Waals surface area contributed by atoms with Gasteiger partial charge in [-0.25, -0.2) is 0 Å². The number of alkyl halides is 1. The van der Waals surface area contributed by atoms with Crippen molar-refractivity contribution in [3.8, 4) is 5.75 Å². The van der Waals surface area contributed by atoms with Crippen LogP contribution in [0.25, 0.3) is 0 Å². The zero-order chi connectivity index (χ0) is 32.6. The van der Waals surface area contributed by atoms with Crippen molar-refractivity contribution in [2.75, 3.05) is 31.2 Å². The molecule has 10 heteroatoms. The molecular weight excluding hydrogens is 642 g/mol. The topological polar surface area (TPSA) is 90.4 Å². The summed E-state index contributed by atoms with van der Waals surface area (Å²) < 4.78 is 4.79. The number of likely N-dealkylation sites (tertiary alicyclic amines) is 1. The first-order valence-corrected chi connectivity index (χ1v) is 17.4. The molecule has 4 rings (SSSR count). The summed E-state index contributed by atoms with van der Waals surface area (Å²) in [6, 6.07) is 6.00. The number of carbonyl (C=O) groups excluding carboxylic acids is 3. The van der Waals surface area contributed by atoms with E-state index in [-0.39, 0.29) is 46.9 Å². The molecule has 0 saturated carbocycles. The van der Waals surface area contributed by atoms with Crippen molar-refractivity contribution >= 4 is 51.1 Å². The lowest BCUT2D eigenvalue weighted by Gasteiger charge is -2.44. The van der Waals surface area contributed by atoms with Crippen LogP contribution in [0.1, 0.15) is 54.4 Å². The molecule has 1 spiro atoms. The second-order valence-electron chi connectivity index (χ2n) is 13.1. The van der Waals surface area contributed by atoms with E-state index in [1.165, 1.54) is 0 Å². The predicted octanol–water partition coefficient (Wildman–Crippen LogP) is 5.29. The van der Waals surface area contributed by atoms with E-state index in [0.717, 1.165) is 6.42 Å². The Balaban J connectivity index is 1.84. The number of aliphatic hydroxyl groups excluding tert-OH is 1. The number of halogens is 1. The molecule has 2 bridgehead atoms. The average Bonchev–Trinajstić information content (AvgIpc) is 3.58. The van der Waals surface area contributed by atoms with E-state index in [9.17, 15) is 19.5 Å². The first kappa shape index (κ1) is 34.6. The molecule has 1 aromatic rings. The van der Waals surface area contributed by atoms with Crippen LogP contribution < -0.4 is 9.64 Å². The molecule has 0 aliphatic carbocycles. The minimum atomic E-state index is -0.823. The lowest BCUT2D eigenvalue weighted by atomic mass is 9.70. The summed E-state index contributed by atoms with van der Waals surface area (Å²) in [5, 5.41) is 10.5. The summed E-state index contributed by atoms with van der Waals surface area (Å²) >= 11 is 5.49. The van der Waals surface area contributed by atoms with Crippen molar-refractivity contribution in [3.63, 3.8) is 0 Å². The fourth-order valence-corrected chi connectivity index (χ4v) is 10.9. The van der Waals surface area contributed by atoms with Crippen LogP contribution in [-0.2, 0) is 14.4 Å². The monoisotopic (exact) mass is 689 g/mol. The number of benzene rings is 1. The van der Waals surface area contributed by atoms with Crippen LogP contribution in [-0.4, -0.2) is 91.4 Å². The largest absolute Gasteiger partial charge is 0.494 e. The van der Waals surface area contributed by atoms with Crippen LogP contribution >= 0.6 is 27.7 Å². The predicted molar refractivity (Wildman–Crippen MR) is 181 cm³/mol. The summed E-state index contributed by atoms with van der Waals surface area (Å²) in [5.74, 6) is -1.23. The number of nitrogens with zero attached hydrogens (tertiary/aromatic N) is 3. The minimum absolute atomic E-state index is 0.0470. The number of rotatable bonds is 13. The highest BCUT2D eigenvalue weighted by Gasteiger charge is 2.77. The van der Waals surface area contributed by atoms with E-state index < -0.39 is 34.2 Å². The van der Waals surface area contributed by atoms with Crippen molar-refractivity contribution in [2.45, 2.75) is 86.8 Å². The van der Waals surface area contributed by atoms with Crippen molar-refractivity contribution in [2.24, 2.45) is 17.8 Å². The molecule has 242 valence electrons. The first-order chi connectivity index (χ1) is 20.8. The van der Waals surface area contributed by atoms with Crippen molar-refractivity contribution in [1.82, 2.24) is 9.80 Å². The van der Waals surface area contributed by atoms with Gasteiger partial charge < -0.3 is 24.5 Å². The van der Waals surface area contributed by atoms with E-state index in [1.807, 2.05) is 65.8 Å². The Bertz CT molecular complexity index is 1250. The molecular formula is C34H48BrN3O5S. The zero-order valence-electron chi connectivity index (χ0n) is 26.9. The molecule has 0 radical (unpaired) electrons. The highest BCUT2D eigenvalue weighted by molar-refractivity contribution is 9.09. The number of anilines is 1. The van der Waals surface area contributed by atoms with Crippen LogP contribution in [0, 0.1) is 17.8 Å². The molecule has 3 unspecified atom stereocenters. The van der Waals surface area contributed by atoms with Gasteiger partial charge in [-0.3, -0.25) is 14.4 Å². The molecule has 8 atom stereocenters. The lowest BCUT2D eigenvalue weighted by Crippen LogP contribution is -2.61. The summed E-state index contributed by atoms with van der Waals surface area (Å²) in [6.07, 6.45) is 4.70. The molecule has 44 heavy (non-hydrogen) atoms. The van der Waals surface area contributed by atoms with Gasteiger partial charge in [-0.15, -0.1) is 24.9 Å². The molecule has 1 aromatic carbocycles. The third-order valence-corrected chi connectivity index (χ3v) is 12.7. The summed E-state index contributed by atoms with van der Waals surface area (Å²) in [4.78, 5) is 49.3. The molecule has 3 aliphatic heterocycles. The van der Waals surface area contributed by atoms with Crippen molar-refractivity contribution < 1.29 is 24.2 Å². The van der Waals surface area contributed by atoms with Gasteiger partial charge >= 0.3 is 0 Å². The molecule has 3 amide bonds. The van der Waals surface area contributed by atoms with Crippen LogP contribution in [0.2, 0.25) is 0 Å². The quantitative estimate of drug-likeness (QED) is 0.224. The number of thioether (sulfide) groups is 1. The number of hydrogen-bond acceptors (Lipinski definition) is 6. The van der Waals surface area contributed by atoms with Gasteiger partial charge in [-0.2, -0.15) is 0 Å². The van der Waals surface area contributed by atoms with E-state index in [0.29, 0.717) is 31.0 Å². The van der Waals surface area contributed by atoms with E-state index in [2.05, 4.69) is 29.1 Å². The molecule has 3 saturated heterocycles. The van der Waals surface area contributed by atoms with E-state index >= 15 is 0 Å². The molecule has 0 aromatic heterocycles. The number of amides is 3. The van der Waals surface area contributed by atoms with Gasteiger partial charge in [0.1, 0.15) is 11.8 Å². The maximum absolute atomic E-state index is 14.8. The maximum atomic E-state index is 14.8. The lowest BCUT2D eigenvalue weighted by molar-refractivity contribution is -0.149. The molecule has 3 fully saturated rings. The molecule has 3 heterocycles. The van der Waals surface area contributed by atoms with Crippen LogP contribution in [0.15, 0.2) is 49.6 Å². The van der Waals surface area contributed by atoms with Crippen LogP contribution in [0.4, 0.5) is 5.69 Å². The number of carbonyl (C=O) groups is 3. The highest BCUT2D eigenvalue weighted by atomic mass is 79.9. The van der Waals surface area contributed by atoms with E-state index in [1.54, 1.807) is 38.6 Å². The second kappa shape index (κ2) is 13.6.